The highest BCUT2D eigenvalue weighted by atomic mass is 16.6. The van der Waals surface area contributed by atoms with E-state index < -0.39 is 0 Å². The van der Waals surface area contributed by atoms with Gasteiger partial charge in [0.1, 0.15) is 5.60 Å². The van der Waals surface area contributed by atoms with Crippen molar-refractivity contribution >= 4 is 0 Å². The molecule has 12 heavy (non-hydrogen) atoms. The lowest BCUT2D eigenvalue weighted by molar-refractivity contribution is 0.312. The quantitative estimate of drug-likeness (QED) is 0.539. The predicted octanol–water partition coefficient (Wildman–Crippen LogP) is 1.00. The fourth-order valence-electron chi connectivity index (χ4n) is 2.57. The van der Waals surface area contributed by atoms with Crippen molar-refractivity contribution in [2.24, 2.45) is 0 Å². The molecule has 0 bridgehead atoms. The molecule has 2 fully saturated rings. The Morgan fingerprint density at radius 3 is 3.50 bits per heavy atom. The third-order valence-corrected chi connectivity index (χ3v) is 3.22. The lowest BCUT2D eigenvalue weighted by Gasteiger charge is -2.22. The second-order valence-electron chi connectivity index (χ2n) is 3.72. The van der Waals surface area contributed by atoms with Crippen LogP contribution in [0.15, 0.2) is 23.8 Å². The Kier molecular flexibility index (Phi) is 1.15. The van der Waals surface area contributed by atoms with E-state index in [0.29, 0.717) is 12.1 Å². The van der Waals surface area contributed by atoms with Gasteiger partial charge in [-0.1, -0.05) is 18.2 Å². The molecule has 0 aromatic heterocycles. The molecule has 3 unspecified atom stereocenters. The van der Waals surface area contributed by atoms with Gasteiger partial charge in [0, 0.05) is 0 Å². The molecule has 3 atom stereocenters. The number of nitrogens with one attached hydrogen (secondary N) is 1. The number of piperidine rings is 1. The molecule has 0 amide bonds. The highest BCUT2D eigenvalue weighted by molar-refractivity contribution is 5.48. The zero-order valence-corrected chi connectivity index (χ0v) is 7.21. The minimum Gasteiger partial charge on any atom is -0.359 e. The van der Waals surface area contributed by atoms with E-state index in [1.807, 2.05) is 0 Å². The van der Waals surface area contributed by atoms with Gasteiger partial charge in [0.05, 0.1) is 12.1 Å². The van der Waals surface area contributed by atoms with Crippen molar-refractivity contribution in [3.05, 3.63) is 23.8 Å². The molecule has 3 aliphatic rings. The van der Waals surface area contributed by atoms with Gasteiger partial charge in [0.15, 0.2) is 0 Å². The second-order valence-corrected chi connectivity index (χ2v) is 3.72. The van der Waals surface area contributed by atoms with Crippen LogP contribution in [-0.4, -0.2) is 24.3 Å². The van der Waals surface area contributed by atoms with Gasteiger partial charge in [0.2, 0.25) is 0 Å². The van der Waals surface area contributed by atoms with E-state index in [0.717, 1.165) is 13.0 Å². The SMILES string of the molecule is C/C=C1/C=CC2NCCC3OC123. The topological polar surface area (TPSA) is 24.6 Å². The fraction of sp³-hybridized carbons (Fsp3) is 0.600. The summed E-state index contributed by atoms with van der Waals surface area (Å²) in [5, 5.41) is 3.47. The number of hydrogen-bond acceptors (Lipinski definition) is 2. The molecule has 0 radical (unpaired) electrons. The molecule has 0 aromatic rings. The van der Waals surface area contributed by atoms with Crippen molar-refractivity contribution in [3.63, 3.8) is 0 Å². The van der Waals surface area contributed by atoms with Crippen molar-refractivity contribution in [1.82, 2.24) is 5.32 Å². The van der Waals surface area contributed by atoms with Crippen LogP contribution in [0.3, 0.4) is 0 Å². The first-order valence-electron chi connectivity index (χ1n) is 4.64. The number of epoxide rings is 1. The summed E-state index contributed by atoms with van der Waals surface area (Å²) in [5.74, 6) is 0. The van der Waals surface area contributed by atoms with E-state index in [4.69, 9.17) is 4.74 Å². The van der Waals surface area contributed by atoms with E-state index in [1.165, 1.54) is 5.57 Å². The Balaban J connectivity index is 2.02. The first kappa shape index (κ1) is 6.87. The van der Waals surface area contributed by atoms with Crippen LogP contribution in [-0.2, 0) is 4.74 Å². The molecule has 0 saturated carbocycles. The summed E-state index contributed by atoms with van der Waals surface area (Å²) in [6, 6.07) is 0.447. The molecular weight excluding hydrogens is 150 g/mol. The number of hydrogen-bond donors (Lipinski definition) is 1. The van der Waals surface area contributed by atoms with E-state index >= 15 is 0 Å². The Hall–Kier alpha value is -0.600. The molecule has 1 N–H and O–H groups in total. The zero-order valence-electron chi connectivity index (χ0n) is 7.21. The maximum absolute atomic E-state index is 5.80. The van der Waals surface area contributed by atoms with Crippen LogP contribution in [0.25, 0.3) is 0 Å². The number of allylic oxidation sites excluding steroid dienone is 1. The summed E-state index contributed by atoms with van der Waals surface area (Å²) in [6.45, 7) is 3.18. The summed E-state index contributed by atoms with van der Waals surface area (Å²) < 4.78 is 5.80. The summed E-state index contributed by atoms with van der Waals surface area (Å²) in [4.78, 5) is 0. The van der Waals surface area contributed by atoms with Gasteiger partial charge < -0.3 is 10.1 Å². The van der Waals surface area contributed by atoms with E-state index in [2.05, 4.69) is 30.5 Å². The van der Waals surface area contributed by atoms with Crippen LogP contribution < -0.4 is 5.32 Å². The molecule has 1 spiro atoms. The van der Waals surface area contributed by atoms with Crippen LogP contribution >= 0.6 is 0 Å². The molecule has 64 valence electrons. The van der Waals surface area contributed by atoms with Gasteiger partial charge in [-0.2, -0.15) is 0 Å². The second kappa shape index (κ2) is 2.01. The minimum absolute atomic E-state index is 0.0625. The Morgan fingerprint density at radius 1 is 1.75 bits per heavy atom. The van der Waals surface area contributed by atoms with E-state index in [9.17, 15) is 0 Å². The highest BCUT2D eigenvalue weighted by Crippen LogP contribution is 2.53. The Bertz CT molecular complexity index is 282. The average Bonchev–Trinajstić information content (AvgIpc) is 2.72. The largest absolute Gasteiger partial charge is 0.359 e. The van der Waals surface area contributed by atoms with Crippen molar-refractivity contribution in [2.75, 3.05) is 6.54 Å². The molecule has 1 aliphatic carbocycles. The van der Waals surface area contributed by atoms with E-state index in [-0.39, 0.29) is 5.60 Å². The van der Waals surface area contributed by atoms with Crippen molar-refractivity contribution in [1.29, 1.82) is 0 Å². The summed E-state index contributed by atoms with van der Waals surface area (Å²) in [7, 11) is 0. The molecule has 2 aliphatic heterocycles. The Morgan fingerprint density at radius 2 is 2.67 bits per heavy atom. The Labute approximate surface area is 72.3 Å². The average molecular weight is 163 g/mol. The van der Waals surface area contributed by atoms with Crippen LogP contribution in [0, 0.1) is 0 Å². The van der Waals surface area contributed by atoms with Crippen molar-refractivity contribution < 1.29 is 4.74 Å². The standard InChI is InChI=1S/C10H13NO/c1-2-7-3-4-8-10(7)9(12-10)5-6-11-8/h2-4,8-9,11H,5-6H2,1H3/b7-2-. The molecule has 2 heterocycles. The maximum atomic E-state index is 5.80. The van der Waals surface area contributed by atoms with Crippen LogP contribution in [0.2, 0.25) is 0 Å². The molecular formula is C10H13NO. The van der Waals surface area contributed by atoms with Gasteiger partial charge in [-0.15, -0.1) is 0 Å². The van der Waals surface area contributed by atoms with Gasteiger partial charge in [0.25, 0.3) is 0 Å². The van der Waals surface area contributed by atoms with Crippen molar-refractivity contribution in [3.8, 4) is 0 Å². The fourth-order valence-corrected chi connectivity index (χ4v) is 2.57. The number of rotatable bonds is 0. The van der Waals surface area contributed by atoms with Gasteiger partial charge in [-0.05, 0) is 25.5 Å². The van der Waals surface area contributed by atoms with Gasteiger partial charge in [-0.25, -0.2) is 0 Å². The third-order valence-electron chi connectivity index (χ3n) is 3.22. The van der Waals surface area contributed by atoms with Crippen LogP contribution in [0.5, 0.6) is 0 Å². The third kappa shape index (κ3) is 0.595. The van der Waals surface area contributed by atoms with Crippen molar-refractivity contribution in [2.45, 2.75) is 31.1 Å². The minimum atomic E-state index is 0.0625. The smallest absolute Gasteiger partial charge is 0.138 e. The van der Waals surface area contributed by atoms with E-state index in [1.54, 1.807) is 0 Å². The van der Waals surface area contributed by atoms with Gasteiger partial charge >= 0.3 is 0 Å². The highest BCUT2D eigenvalue weighted by Gasteiger charge is 2.65. The first-order valence-corrected chi connectivity index (χ1v) is 4.64. The maximum Gasteiger partial charge on any atom is 0.138 e. The molecule has 0 aromatic carbocycles. The van der Waals surface area contributed by atoms with Crippen LogP contribution in [0.1, 0.15) is 13.3 Å². The molecule has 3 rings (SSSR count). The lowest BCUT2D eigenvalue weighted by atomic mass is 9.89. The molecule has 2 saturated heterocycles. The zero-order chi connectivity index (χ0) is 8.18. The lowest BCUT2D eigenvalue weighted by Crippen LogP contribution is -2.45. The number of ether oxygens (including phenoxy) is 1. The summed E-state index contributed by atoms with van der Waals surface area (Å²) >= 11 is 0. The van der Waals surface area contributed by atoms with Gasteiger partial charge in [-0.3, -0.25) is 0 Å². The first-order chi connectivity index (χ1) is 5.88. The predicted molar refractivity (Wildman–Crippen MR) is 46.9 cm³/mol. The van der Waals surface area contributed by atoms with Crippen LogP contribution in [0.4, 0.5) is 0 Å². The molecule has 2 heteroatoms. The summed E-state index contributed by atoms with van der Waals surface area (Å²) in [5.41, 5.74) is 1.43. The monoisotopic (exact) mass is 163 g/mol. The molecule has 2 nitrogen and oxygen atoms in total. The normalized spacial score (nSPS) is 52.2. The summed E-state index contributed by atoms with van der Waals surface area (Å²) in [6.07, 6.45) is 8.25.